The fourth-order valence-electron chi connectivity index (χ4n) is 8.12. The van der Waals surface area contributed by atoms with Crippen LogP contribution in [0.2, 0.25) is 10.0 Å². The first-order valence-corrected chi connectivity index (χ1v) is 18.8. The average molecular weight is 743 g/mol. The SMILES string of the molecule is Cc1cc(OCCCc2c3n(c4c(-c5c(C)nn(C)c5C)c(Cl)ccc24)CCCN(c2cc(CN4CCCC4)cc(C(=O)O)c2)C3=O)cc(C)c1Cl. The number of carbonyl (C=O) groups is 2. The molecule has 2 aliphatic heterocycles. The van der Waals surface area contributed by atoms with E-state index in [2.05, 4.69) is 9.47 Å². The third-order valence-corrected chi connectivity index (χ3v) is 11.6. The summed E-state index contributed by atoms with van der Waals surface area (Å²) in [5.74, 6) is -0.388. The number of hydrogen-bond acceptors (Lipinski definition) is 5. The van der Waals surface area contributed by atoms with Crippen LogP contribution in [0.15, 0.2) is 42.5 Å². The minimum absolute atomic E-state index is 0.148. The Hall–Kier alpha value is -4.31. The van der Waals surface area contributed by atoms with E-state index in [9.17, 15) is 9.90 Å². The summed E-state index contributed by atoms with van der Waals surface area (Å²) < 4.78 is 10.2. The fraction of sp³-hybridized carbons (Fsp3) is 0.390. The molecule has 1 amide bonds. The average Bonchev–Trinajstić information content (AvgIpc) is 3.76. The van der Waals surface area contributed by atoms with Crippen molar-refractivity contribution in [1.29, 1.82) is 0 Å². The minimum atomic E-state index is -1.01. The number of rotatable bonds is 10. The number of hydrogen-bond donors (Lipinski definition) is 1. The lowest BCUT2D eigenvalue weighted by Crippen LogP contribution is -2.32. The Kier molecular flexibility index (Phi) is 10.1. The van der Waals surface area contributed by atoms with Gasteiger partial charge in [0.15, 0.2) is 0 Å². The van der Waals surface area contributed by atoms with E-state index >= 15 is 4.79 Å². The molecule has 1 saturated heterocycles. The van der Waals surface area contributed by atoms with Gasteiger partial charge in [0.25, 0.3) is 5.91 Å². The molecule has 1 N–H and O–H groups in total. The molecule has 0 radical (unpaired) electrons. The molecule has 0 atom stereocenters. The Balaban J connectivity index is 1.33. The number of aryl methyl sites for hydroxylation is 6. The minimum Gasteiger partial charge on any atom is -0.494 e. The van der Waals surface area contributed by atoms with Crippen molar-refractivity contribution >= 4 is 51.7 Å². The van der Waals surface area contributed by atoms with Crippen LogP contribution < -0.4 is 9.64 Å². The van der Waals surface area contributed by atoms with Crippen LogP contribution in [0.5, 0.6) is 5.75 Å². The summed E-state index contributed by atoms with van der Waals surface area (Å²) in [6.45, 7) is 12.1. The van der Waals surface area contributed by atoms with E-state index in [-0.39, 0.29) is 11.5 Å². The molecule has 7 rings (SSSR count). The Morgan fingerprint density at radius 1 is 0.923 bits per heavy atom. The van der Waals surface area contributed by atoms with Crippen LogP contribution in [0.4, 0.5) is 5.69 Å². The van der Waals surface area contributed by atoms with Crippen LogP contribution >= 0.6 is 23.2 Å². The van der Waals surface area contributed by atoms with E-state index in [4.69, 9.17) is 33.0 Å². The first kappa shape index (κ1) is 36.1. The molecule has 0 spiro atoms. The quantitative estimate of drug-likeness (QED) is 0.144. The lowest BCUT2D eigenvalue weighted by atomic mass is 9.98. The van der Waals surface area contributed by atoms with Crippen molar-refractivity contribution in [2.45, 2.75) is 72.9 Å². The molecular weight excluding hydrogens is 697 g/mol. The maximum Gasteiger partial charge on any atom is 0.335 e. The normalized spacial score (nSPS) is 15.1. The molecule has 0 unspecified atom stereocenters. The molecule has 2 aromatic heterocycles. The zero-order chi connectivity index (χ0) is 36.8. The summed E-state index contributed by atoms with van der Waals surface area (Å²) in [6, 6.07) is 13.2. The largest absolute Gasteiger partial charge is 0.494 e. The molecule has 5 aromatic rings. The van der Waals surface area contributed by atoms with Gasteiger partial charge in [0.1, 0.15) is 11.4 Å². The van der Waals surface area contributed by atoms with Crippen LogP contribution in [0.25, 0.3) is 22.0 Å². The zero-order valence-corrected chi connectivity index (χ0v) is 32.0. The molecule has 1 fully saturated rings. The van der Waals surface area contributed by atoms with E-state index in [1.54, 1.807) is 17.0 Å². The van der Waals surface area contributed by atoms with Gasteiger partial charge in [-0.15, -0.1) is 0 Å². The molecule has 52 heavy (non-hydrogen) atoms. The van der Waals surface area contributed by atoms with Crippen LogP contribution in [0, 0.1) is 27.7 Å². The molecule has 0 bridgehead atoms. The number of halogens is 2. The highest BCUT2D eigenvalue weighted by atomic mass is 35.5. The number of likely N-dealkylation sites (tertiary alicyclic amines) is 1. The number of amides is 1. The number of benzene rings is 3. The highest BCUT2D eigenvalue weighted by molar-refractivity contribution is 6.35. The summed E-state index contributed by atoms with van der Waals surface area (Å²) in [5.41, 5.74) is 9.79. The number of carbonyl (C=O) groups excluding carboxylic acids is 1. The number of anilines is 1. The van der Waals surface area contributed by atoms with E-state index in [0.717, 1.165) is 92.4 Å². The number of carboxylic acid groups (broad SMARTS) is 1. The molecule has 0 aliphatic carbocycles. The Morgan fingerprint density at radius 2 is 1.65 bits per heavy atom. The summed E-state index contributed by atoms with van der Waals surface area (Å²) in [6.07, 6.45) is 4.20. The van der Waals surface area contributed by atoms with Gasteiger partial charge in [-0.3, -0.25) is 14.4 Å². The summed E-state index contributed by atoms with van der Waals surface area (Å²) in [4.78, 5) is 31.5. The standard InChI is InChI=1S/C41H45Cl2N5O4/c1-24-18-31(19-25(2)37(24)43)52-17-8-10-32-33-11-12-34(42)36(35-26(3)44-45(5)27(35)4)38(33)48-16-9-15-47(40(49)39(32)48)30-21-28(20-29(22-30)41(50)51)23-46-13-6-7-14-46/h11-12,18-22H,6-10,13-17,23H2,1-5H3,(H,50,51). The lowest BCUT2D eigenvalue weighted by molar-refractivity contribution is 0.0696. The number of fused-ring (bicyclic) bond motifs is 3. The monoisotopic (exact) mass is 741 g/mol. The zero-order valence-electron chi connectivity index (χ0n) is 30.5. The Labute approximate surface area is 314 Å². The first-order valence-electron chi connectivity index (χ1n) is 18.1. The number of carboxylic acids is 1. The van der Waals surface area contributed by atoms with Crippen molar-refractivity contribution in [2.75, 3.05) is 31.1 Å². The van der Waals surface area contributed by atoms with Gasteiger partial charge in [-0.1, -0.05) is 29.3 Å². The highest BCUT2D eigenvalue weighted by Gasteiger charge is 2.33. The second-order valence-corrected chi connectivity index (χ2v) is 15.1. The maximum atomic E-state index is 15.1. The van der Waals surface area contributed by atoms with Gasteiger partial charge in [-0.05, 0) is 132 Å². The van der Waals surface area contributed by atoms with Crippen molar-refractivity contribution in [2.24, 2.45) is 7.05 Å². The van der Waals surface area contributed by atoms with Crippen molar-refractivity contribution in [3.63, 3.8) is 0 Å². The first-order chi connectivity index (χ1) is 24.9. The van der Waals surface area contributed by atoms with Crippen molar-refractivity contribution in [1.82, 2.24) is 19.2 Å². The lowest BCUT2D eigenvalue weighted by Gasteiger charge is -2.23. The van der Waals surface area contributed by atoms with Gasteiger partial charge in [0, 0.05) is 59.6 Å². The van der Waals surface area contributed by atoms with Gasteiger partial charge in [0.2, 0.25) is 0 Å². The summed E-state index contributed by atoms with van der Waals surface area (Å²) >= 11 is 13.5. The number of ether oxygens (including phenoxy) is 1. The van der Waals surface area contributed by atoms with E-state index in [0.29, 0.717) is 61.9 Å². The molecule has 0 saturated carbocycles. The van der Waals surface area contributed by atoms with Crippen LogP contribution in [-0.2, 0) is 26.6 Å². The third-order valence-electron chi connectivity index (χ3n) is 10.6. The predicted molar refractivity (Wildman–Crippen MR) is 208 cm³/mol. The molecule has 4 heterocycles. The van der Waals surface area contributed by atoms with E-state index < -0.39 is 5.97 Å². The highest BCUT2D eigenvalue weighted by Crippen LogP contribution is 2.43. The second-order valence-electron chi connectivity index (χ2n) is 14.3. The topological polar surface area (TPSA) is 92.8 Å². The van der Waals surface area contributed by atoms with Gasteiger partial charge in [-0.2, -0.15) is 5.10 Å². The molecule has 3 aromatic carbocycles. The molecule has 272 valence electrons. The van der Waals surface area contributed by atoms with Crippen LogP contribution in [0.3, 0.4) is 0 Å². The maximum absolute atomic E-state index is 15.1. The van der Waals surface area contributed by atoms with Crippen LogP contribution in [-0.4, -0.2) is 62.5 Å². The van der Waals surface area contributed by atoms with Gasteiger partial charge in [0.05, 0.1) is 28.4 Å². The smallest absolute Gasteiger partial charge is 0.335 e. The van der Waals surface area contributed by atoms with Gasteiger partial charge < -0.3 is 19.3 Å². The Morgan fingerprint density at radius 3 is 2.33 bits per heavy atom. The number of aromatic carboxylic acids is 1. The molecule has 9 nitrogen and oxygen atoms in total. The molecule has 2 aliphatic rings. The fourth-order valence-corrected chi connectivity index (χ4v) is 8.48. The molecule has 11 heteroatoms. The Bertz CT molecular complexity index is 2190. The second kappa shape index (κ2) is 14.6. The number of nitrogens with zero attached hydrogens (tertiary/aromatic N) is 5. The molecular formula is C41H45Cl2N5O4. The van der Waals surface area contributed by atoms with E-state index in [1.165, 1.54) is 0 Å². The van der Waals surface area contributed by atoms with Crippen molar-refractivity contribution in [3.8, 4) is 16.9 Å². The summed E-state index contributed by atoms with van der Waals surface area (Å²) in [7, 11) is 1.93. The van der Waals surface area contributed by atoms with E-state index in [1.807, 2.05) is 69.8 Å². The number of aromatic nitrogens is 3. The van der Waals surface area contributed by atoms with Gasteiger partial charge in [-0.25, -0.2) is 4.79 Å². The van der Waals surface area contributed by atoms with Crippen molar-refractivity contribution in [3.05, 3.63) is 97.4 Å². The van der Waals surface area contributed by atoms with Gasteiger partial charge >= 0.3 is 5.97 Å². The van der Waals surface area contributed by atoms with Crippen LogP contribution in [0.1, 0.15) is 80.2 Å². The van der Waals surface area contributed by atoms with Crippen molar-refractivity contribution < 1.29 is 19.4 Å². The third kappa shape index (κ3) is 6.70. The summed E-state index contributed by atoms with van der Waals surface area (Å²) in [5, 5.41) is 17.1. The predicted octanol–water partition coefficient (Wildman–Crippen LogP) is 8.94.